The summed E-state index contributed by atoms with van der Waals surface area (Å²) in [6, 6.07) is 5.16. The van der Waals surface area contributed by atoms with Crippen molar-refractivity contribution in [3.05, 3.63) is 29.3 Å². The molecule has 1 unspecified atom stereocenters. The van der Waals surface area contributed by atoms with Crippen LogP contribution in [0.1, 0.15) is 25.0 Å². The first-order valence-electron chi connectivity index (χ1n) is 6.70. The lowest BCUT2D eigenvalue weighted by Gasteiger charge is -2.20. The third-order valence-electron chi connectivity index (χ3n) is 3.43. The summed E-state index contributed by atoms with van der Waals surface area (Å²) in [5, 5.41) is 9.16. The summed E-state index contributed by atoms with van der Waals surface area (Å²) < 4.78 is 27.4. The maximum absolute atomic E-state index is 12.4. The zero-order valence-corrected chi connectivity index (χ0v) is 13.4. The summed E-state index contributed by atoms with van der Waals surface area (Å²) in [4.78, 5) is 2.21. The Morgan fingerprint density at radius 2 is 2.00 bits per heavy atom. The lowest BCUT2D eigenvalue weighted by molar-refractivity contribution is 0.281. The van der Waals surface area contributed by atoms with Crippen LogP contribution in [0.5, 0.6) is 0 Å². The molecule has 0 aromatic heterocycles. The van der Waals surface area contributed by atoms with E-state index in [1.54, 1.807) is 18.2 Å². The van der Waals surface area contributed by atoms with Crippen LogP contribution in [0.4, 0.5) is 0 Å². The van der Waals surface area contributed by atoms with Gasteiger partial charge in [0, 0.05) is 12.6 Å². The molecule has 0 aliphatic rings. The number of aryl methyl sites for hydroxylation is 1. The summed E-state index contributed by atoms with van der Waals surface area (Å²) in [5.41, 5.74) is 1.36. The number of hydrogen-bond acceptors (Lipinski definition) is 4. The number of rotatable bonds is 7. The Balaban J connectivity index is 3.02. The molecule has 114 valence electrons. The zero-order chi connectivity index (χ0) is 15.3. The van der Waals surface area contributed by atoms with Crippen molar-refractivity contribution in [1.29, 1.82) is 0 Å². The van der Waals surface area contributed by atoms with Gasteiger partial charge in [-0.1, -0.05) is 19.1 Å². The Labute approximate surface area is 121 Å². The Kier molecular flexibility index (Phi) is 6.13. The highest BCUT2D eigenvalue weighted by Crippen LogP contribution is 2.18. The van der Waals surface area contributed by atoms with Crippen LogP contribution >= 0.6 is 0 Å². The molecule has 20 heavy (non-hydrogen) atoms. The highest BCUT2D eigenvalue weighted by atomic mass is 32.2. The lowest BCUT2D eigenvalue weighted by Crippen LogP contribution is -2.38. The first kappa shape index (κ1) is 17.1. The molecular formula is C14H24N2O3S. The minimum Gasteiger partial charge on any atom is -0.392 e. The highest BCUT2D eigenvalue weighted by molar-refractivity contribution is 7.89. The molecule has 0 heterocycles. The van der Waals surface area contributed by atoms with E-state index in [2.05, 4.69) is 4.72 Å². The van der Waals surface area contributed by atoms with Crippen LogP contribution in [-0.4, -0.2) is 45.1 Å². The first-order valence-corrected chi connectivity index (χ1v) is 8.18. The van der Waals surface area contributed by atoms with Crippen molar-refractivity contribution in [3.63, 3.8) is 0 Å². The molecule has 0 radical (unpaired) electrons. The summed E-state index contributed by atoms with van der Waals surface area (Å²) in [6.07, 6.45) is 0.630. The van der Waals surface area contributed by atoms with Crippen molar-refractivity contribution in [1.82, 2.24) is 9.62 Å². The van der Waals surface area contributed by atoms with Crippen molar-refractivity contribution < 1.29 is 13.5 Å². The smallest absolute Gasteiger partial charge is 0.240 e. The average molecular weight is 300 g/mol. The van der Waals surface area contributed by atoms with Gasteiger partial charge in [0.15, 0.2) is 0 Å². The number of aliphatic hydroxyl groups is 1. The van der Waals surface area contributed by atoms with Gasteiger partial charge in [0.2, 0.25) is 10.0 Å². The van der Waals surface area contributed by atoms with Gasteiger partial charge >= 0.3 is 0 Å². The largest absolute Gasteiger partial charge is 0.392 e. The predicted octanol–water partition coefficient (Wildman–Crippen LogP) is 0.970. The topological polar surface area (TPSA) is 69.6 Å². The summed E-state index contributed by atoms with van der Waals surface area (Å²) in [7, 11) is 0.259. The van der Waals surface area contributed by atoms with Gasteiger partial charge in [-0.25, -0.2) is 13.1 Å². The fourth-order valence-corrected chi connectivity index (χ4v) is 3.21. The van der Waals surface area contributed by atoms with Crippen LogP contribution in [-0.2, 0) is 23.1 Å². The number of hydrogen-bond donors (Lipinski definition) is 2. The molecule has 0 aliphatic carbocycles. The van der Waals surface area contributed by atoms with Crippen molar-refractivity contribution in [2.24, 2.45) is 0 Å². The Hall–Kier alpha value is -0.950. The van der Waals surface area contributed by atoms with E-state index in [0.717, 1.165) is 5.56 Å². The van der Waals surface area contributed by atoms with Crippen LogP contribution in [0.25, 0.3) is 0 Å². The molecule has 0 bridgehead atoms. The fourth-order valence-electron chi connectivity index (χ4n) is 1.73. The number of nitrogens with one attached hydrogen (secondary N) is 1. The van der Waals surface area contributed by atoms with E-state index >= 15 is 0 Å². The number of benzene rings is 1. The van der Waals surface area contributed by atoms with E-state index in [-0.39, 0.29) is 17.5 Å². The molecule has 0 saturated carbocycles. The third-order valence-corrected chi connectivity index (χ3v) is 4.94. The molecule has 2 N–H and O–H groups in total. The average Bonchev–Trinajstić information content (AvgIpc) is 2.43. The predicted molar refractivity (Wildman–Crippen MR) is 80.1 cm³/mol. The first-order chi connectivity index (χ1) is 9.31. The monoisotopic (exact) mass is 300 g/mol. The van der Waals surface area contributed by atoms with Crippen molar-refractivity contribution in [2.75, 3.05) is 20.6 Å². The molecule has 1 rings (SSSR count). The molecule has 1 aromatic rings. The van der Waals surface area contributed by atoms with Crippen LogP contribution < -0.4 is 4.72 Å². The number of sulfonamides is 1. The molecule has 1 atom stereocenters. The molecule has 0 spiro atoms. The van der Waals surface area contributed by atoms with E-state index in [1.807, 2.05) is 32.8 Å². The molecular weight excluding hydrogens is 276 g/mol. The van der Waals surface area contributed by atoms with Gasteiger partial charge in [-0.2, -0.15) is 0 Å². The summed E-state index contributed by atoms with van der Waals surface area (Å²) in [6.45, 7) is 4.05. The quantitative estimate of drug-likeness (QED) is 0.787. The molecule has 0 saturated heterocycles. The van der Waals surface area contributed by atoms with E-state index in [4.69, 9.17) is 5.11 Å². The third kappa shape index (κ3) is 4.28. The second-order valence-electron chi connectivity index (χ2n) is 5.12. The van der Waals surface area contributed by atoms with Gasteiger partial charge in [-0.3, -0.25) is 0 Å². The van der Waals surface area contributed by atoms with E-state index in [1.165, 1.54) is 0 Å². The van der Waals surface area contributed by atoms with Gasteiger partial charge in [-0.05, 0) is 44.6 Å². The fraction of sp³-hybridized carbons (Fsp3) is 0.571. The minimum absolute atomic E-state index is 0.107. The van der Waals surface area contributed by atoms with Crippen molar-refractivity contribution in [3.8, 4) is 0 Å². The van der Waals surface area contributed by atoms with E-state index in [9.17, 15) is 8.42 Å². The number of aliphatic hydroxyl groups excluding tert-OH is 1. The molecule has 5 nitrogen and oxygen atoms in total. The SMILES string of the molecule is CCc1ccc(CO)cc1S(=O)(=O)NCC(C)N(C)C. The van der Waals surface area contributed by atoms with Crippen LogP contribution in [0.15, 0.2) is 23.1 Å². The second-order valence-corrected chi connectivity index (χ2v) is 6.85. The molecule has 0 fully saturated rings. The number of nitrogens with zero attached hydrogens (tertiary/aromatic N) is 1. The lowest BCUT2D eigenvalue weighted by atomic mass is 10.1. The van der Waals surface area contributed by atoms with Crippen LogP contribution in [0, 0.1) is 0 Å². The van der Waals surface area contributed by atoms with Gasteiger partial charge in [-0.15, -0.1) is 0 Å². The zero-order valence-electron chi connectivity index (χ0n) is 12.5. The summed E-state index contributed by atoms with van der Waals surface area (Å²) >= 11 is 0. The van der Waals surface area contributed by atoms with E-state index < -0.39 is 10.0 Å². The Morgan fingerprint density at radius 3 is 2.50 bits per heavy atom. The van der Waals surface area contributed by atoms with Crippen molar-refractivity contribution >= 4 is 10.0 Å². The van der Waals surface area contributed by atoms with Crippen molar-refractivity contribution in [2.45, 2.75) is 37.8 Å². The van der Waals surface area contributed by atoms with Gasteiger partial charge in [0.25, 0.3) is 0 Å². The molecule has 6 heteroatoms. The van der Waals surface area contributed by atoms with Gasteiger partial charge in [0.05, 0.1) is 11.5 Å². The Morgan fingerprint density at radius 1 is 1.35 bits per heavy atom. The molecule has 1 aromatic carbocycles. The maximum Gasteiger partial charge on any atom is 0.240 e. The van der Waals surface area contributed by atoms with Crippen LogP contribution in [0.2, 0.25) is 0 Å². The molecule has 0 amide bonds. The summed E-state index contributed by atoms with van der Waals surface area (Å²) in [5.74, 6) is 0. The highest BCUT2D eigenvalue weighted by Gasteiger charge is 2.19. The Bertz CT molecular complexity index is 541. The minimum atomic E-state index is -3.55. The number of likely N-dealkylation sites (N-methyl/N-ethyl adjacent to an activating group) is 1. The second kappa shape index (κ2) is 7.17. The normalized spacial score (nSPS) is 13.7. The van der Waals surface area contributed by atoms with Crippen LogP contribution in [0.3, 0.4) is 0 Å². The maximum atomic E-state index is 12.4. The van der Waals surface area contributed by atoms with Gasteiger partial charge in [0.1, 0.15) is 0 Å². The standard InChI is InChI=1S/C14H24N2O3S/c1-5-13-7-6-12(10-17)8-14(13)20(18,19)15-9-11(2)16(3)4/h6-8,11,15,17H,5,9-10H2,1-4H3. The van der Waals surface area contributed by atoms with E-state index in [0.29, 0.717) is 18.5 Å². The molecule has 0 aliphatic heterocycles. The van der Waals surface area contributed by atoms with Gasteiger partial charge < -0.3 is 10.0 Å².